The maximum absolute atomic E-state index is 11.8. The van der Waals surface area contributed by atoms with Crippen LogP contribution in [0.3, 0.4) is 0 Å². The van der Waals surface area contributed by atoms with Crippen molar-refractivity contribution in [2.24, 2.45) is 0 Å². The molecule has 1 atom stereocenters. The fraction of sp³-hybridized carbons (Fsp3) is 0.682. The van der Waals surface area contributed by atoms with E-state index in [1.54, 1.807) is 4.90 Å². The van der Waals surface area contributed by atoms with Gasteiger partial charge in [-0.25, -0.2) is 4.79 Å². The van der Waals surface area contributed by atoms with Gasteiger partial charge in [-0.2, -0.15) is 0 Å². The third kappa shape index (κ3) is 3.80. The van der Waals surface area contributed by atoms with Crippen molar-refractivity contribution in [1.82, 2.24) is 4.90 Å². The summed E-state index contributed by atoms with van der Waals surface area (Å²) in [6, 6.07) is 6.30. The third-order valence-corrected chi connectivity index (χ3v) is 7.15. The van der Waals surface area contributed by atoms with Gasteiger partial charge in [-0.05, 0) is 75.9 Å². The Balaban J connectivity index is 1.71. The molecule has 3 fully saturated rings. The predicted molar refractivity (Wildman–Crippen MR) is 112 cm³/mol. The molecule has 1 N–H and O–H groups in total. The lowest BCUT2D eigenvalue weighted by molar-refractivity contribution is 0.00578. The van der Waals surface area contributed by atoms with Crippen LogP contribution in [0, 0.1) is 0 Å². The Labute approximate surface area is 173 Å². The van der Waals surface area contributed by atoms with E-state index in [1.807, 2.05) is 27.7 Å². The van der Waals surface area contributed by atoms with E-state index in [-0.39, 0.29) is 6.04 Å². The molecule has 6 nitrogen and oxygen atoms in total. The van der Waals surface area contributed by atoms with Crippen molar-refractivity contribution in [3.05, 3.63) is 29.3 Å². The van der Waals surface area contributed by atoms with Crippen molar-refractivity contribution in [1.29, 1.82) is 0 Å². The number of carboxylic acid groups (broad SMARTS) is 1. The molecule has 158 valence electrons. The highest BCUT2D eigenvalue weighted by atomic mass is 16.7. The summed E-state index contributed by atoms with van der Waals surface area (Å²) in [6.45, 7) is 10.3. The molecule has 0 unspecified atom stereocenters. The minimum absolute atomic E-state index is 0.104. The van der Waals surface area contributed by atoms with Crippen LogP contribution in [0.15, 0.2) is 18.2 Å². The van der Waals surface area contributed by atoms with E-state index in [0.29, 0.717) is 12.5 Å². The number of amides is 1. The first-order valence-corrected chi connectivity index (χ1v) is 10.8. The largest absolute Gasteiger partial charge is 0.494 e. The molecule has 1 amide bonds. The molecule has 1 aromatic rings. The minimum atomic E-state index is -0.841. The van der Waals surface area contributed by atoms with Crippen LogP contribution in [-0.2, 0) is 14.0 Å². The van der Waals surface area contributed by atoms with Gasteiger partial charge in [0, 0.05) is 19.8 Å². The van der Waals surface area contributed by atoms with Crippen molar-refractivity contribution in [2.45, 2.75) is 76.5 Å². The number of hydrogen-bond donors (Lipinski definition) is 1. The molecule has 0 bridgehead atoms. The fourth-order valence-electron chi connectivity index (χ4n) is 4.71. The minimum Gasteiger partial charge on any atom is -0.465 e. The second kappa shape index (κ2) is 7.60. The number of likely N-dealkylation sites (tertiary alicyclic amines) is 1. The Kier molecular flexibility index (Phi) is 5.42. The van der Waals surface area contributed by atoms with Gasteiger partial charge in [-0.1, -0.05) is 18.2 Å². The Bertz CT molecular complexity index is 758. The molecule has 0 saturated carbocycles. The van der Waals surface area contributed by atoms with E-state index in [2.05, 4.69) is 18.2 Å². The van der Waals surface area contributed by atoms with Gasteiger partial charge in [0.1, 0.15) is 0 Å². The molecule has 29 heavy (non-hydrogen) atoms. The molecule has 3 heterocycles. The van der Waals surface area contributed by atoms with Crippen molar-refractivity contribution >= 4 is 18.7 Å². The van der Waals surface area contributed by atoms with Gasteiger partial charge in [-0.15, -0.1) is 0 Å². The fourth-order valence-corrected chi connectivity index (χ4v) is 4.71. The molecule has 1 aromatic carbocycles. The van der Waals surface area contributed by atoms with Crippen LogP contribution in [0.4, 0.5) is 4.79 Å². The van der Waals surface area contributed by atoms with Crippen LogP contribution in [0.25, 0.3) is 0 Å². The summed E-state index contributed by atoms with van der Waals surface area (Å²) in [5.41, 5.74) is 2.53. The van der Waals surface area contributed by atoms with Gasteiger partial charge < -0.3 is 24.1 Å². The van der Waals surface area contributed by atoms with E-state index in [4.69, 9.17) is 14.0 Å². The van der Waals surface area contributed by atoms with Crippen molar-refractivity contribution in [3.63, 3.8) is 0 Å². The van der Waals surface area contributed by atoms with Gasteiger partial charge >= 0.3 is 13.2 Å². The Morgan fingerprint density at radius 3 is 2.34 bits per heavy atom. The second-order valence-electron chi connectivity index (χ2n) is 9.50. The van der Waals surface area contributed by atoms with Crippen molar-refractivity contribution in [3.8, 4) is 0 Å². The molecular formula is C22H32BNO5. The SMILES string of the molecule is CC1(C)OB(c2ccc(C3CCOCC3)c([C@@H]3CCCN3C(=O)O)c2)OC1(C)C. The molecule has 3 aliphatic heterocycles. The lowest BCUT2D eigenvalue weighted by atomic mass is 9.75. The highest BCUT2D eigenvalue weighted by Gasteiger charge is 2.52. The first-order chi connectivity index (χ1) is 13.7. The molecule has 0 radical (unpaired) electrons. The smallest absolute Gasteiger partial charge is 0.465 e. The molecule has 3 saturated heterocycles. The maximum Gasteiger partial charge on any atom is 0.494 e. The summed E-state index contributed by atoms with van der Waals surface area (Å²) in [6.07, 6.45) is 2.86. The molecule has 3 aliphatic rings. The van der Waals surface area contributed by atoms with Crippen LogP contribution in [-0.4, -0.2) is 54.2 Å². The van der Waals surface area contributed by atoms with E-state index in [1.165, 1.54) is 5.56 Å². The number of carbonyl (C=O) groups is 1. The van der Waals surface area contributed by atoms with E-state index >= 15 is 0 Å². The summed E-state index contributed by atoms with van der Waals surface area (Å²) in [4.78, 5) is 13.4. The maximum atomic E-state index is 11.8. The van der Waals surface area contributed by atoms with E-state index in [9.17, 15) is 9.90 Å². The zero-order valence-electron chi connectivity index (χ0n) is 17.9. The van der Waals surface area contributed by atoms with Gasteiger partial charge in [0.15, 0.2) is 0 Å². The average molecular weight is 401 g/mol. The van der Waals surface area contributed by atoms with Gasteiger partial charge in [0.05, 0.1) is 17.2 Å². The topological polar surface area (TPSA) is 68.2 Å². The van der Waals surface area contributed by atoms with Crippen molar-refractivity contribution < 1.29 is 23.9 Å². The monoisotopic (exact) mass is 401 g/mol. The third-order valence-electron chi connectivity index (χ3n) is 7.15. The summed E-state index contributed by atoms with van der Waals surface area (Å²) < 4.78 is 18.1. The Morgan fingerprint density at radius 2 is 1.72 bits per heavy atom. The summed E-state index contributed by atoms with van der Waals surface area (Å²) >= 11 is 0. The average Bonchev–Trinajstić information content (AvgIpc) is 3.24. The number of ether oxygens (including phenoxy) is 1. The highest BCUT2D eigenvalue weighted by molar-refractivity contribution is 6.62. The van der Waals surface area contributed by atoms with E-state index < -0.39 is 24.4 Å². The molecule has 7 heteroatoms. The lowest BCUT2D eigenvalue weighted by Gasteiger charge is -2.32. The molecule has 0 spiro atoms. The zero-order valence-corrected chi connectivity index (χ0v) is 17.9. The molecule has 0 aromatic heterocycles. The normalized spacial score (nSPS) is 26.8. The highest BCUT2D eigenvalue weighted by Crippen LogP contribution is 2.40. The molecular weight excluding hydrogens is 369 g/mol. The summed E-state index contributed by atoms with van der Waals surface area (Å²) in [5, 5.41) is 9.72. The lowest BCUT2D eigenvalue weighted by Crippen LogP contribution is -2.41. The Morgan fingerprint density at radius 1 is 1.07 bits per heavy atom. The molecule has 0 aliphatic carbocycles. The van der Waals surface area contributed by atoms with E-state index in [0.717, 1.165) is 49.9 Å². The van der Waals surface area contributed by atoms with Crippen LogP contribution >= 0.6 is 0 Å². The van der Waals surface area contributed by atoms with Crippen LogP contribution < -0.4 is 5.46 Å². The van der Waals surface area contributed by atoms with Crippen LogP contribution in [0.5, 0.6) is 0 Å². The first-order valence-electron chi connectivity index (χ1n) is 10.8. The number of hydrogen-bond acceptors (Lipinski definition) is 4. The summed E-state index contributed by atoms with van der Waals surface area (Å²) in [5.74, 6) is 0.405. The number of benzene rings is 1. The van der Waals surface area contributed by atoms with Crippen molar-refractivity contribution in [2.75, 3.05) is 19.8 Å². The zero-order chi connectivity index (χ0) is 20.8. The second-order valence-corrected chi connectivity index (χ2v) is 9.50. The Hall–Kier alpha value is -1.57. The molecule has 4 rings (SSSR count). The number of nitrogens with zero attached hydrogens (tertiary/aromatic N) is 1. The first kappa shape index (κ1) is 20.7. The van der Waals surface area contributed by atoms with Gasteiger partial charge in [-0.3, -0.25) is 0 Å². The van der Waals surface area contributed by atoms with Gasteiger partial charge in [0.25, 0.3) is 0 Å². The van der Waals surface area contributed by atoms with Gasteiger partial charge in [0.2, 0.25) is 0 Å². The number of rotatable bonds is 3. The van der Waals surface area contributed by atoms with Crippen LogP contribution in [0.1, 0.15) is 76.5 Å². The standard InChI is InChI=1S/C22H32BNO5/c1-21(2)22(3,4)29-23(28-21)16-7-8-17(15-9-12-27-13-10-15)18(14-16)19-6-5-11-24(19)20(25)26/h7-8,14-15,19H,5-6,9-13H2,1-4H3,(H,25,26)/t19-/m0/s1. The quantitative estimate of drug-likeness (QED) is 0.783. The van der Waals surface area contributed by atoms with Crippen LogP contribution in [0.2, 0.25) is 0 Å². The summed E-state index contributed by atoms with van der Waals surface area (Å²) in [7, 11) is -0.442. The predicted octanol–water partition coefficient (Wildman–Crippen LogP) is 3.69.